The Morgan fingerprint density at radius 3 is 3.33 bits per heavy atom. The quantitative estimate of drug-likeness (QED) is 0.689. The largest absolute Gasteiger partial charge is 0.493 e. The molecule has 0 spiro atoms. The van der Waals surface area contributed by atoms with E-state index >= 15 is 0 Å². The van der Waals surface area contributed by atoms with Crippen LogP contribution in [-0.2, 0) is 12.9 Å². The van der Waals surface area contributed by atoms with Crippen molar-refractivity contribution >= 4 is 0 Å². The van der Waals surface area contributed by atoms with Crippen molar-refractivity contribution in [1.82, 2.24) is 0 Å². The molecule has 0 bridgehead atoms. The van der Waals surface area contributed by atoms with Gasteiger partial charge < -0.3 is 10.5 Å². The fourth-order valence-corrected chi connectivity index (χ4v) is 1.16. The Bertz CT molecular complexity index is 434. The first-order valence-electron chi connectivity index (χ1n) is 5.60. The van der Waals surface area contributed by atoms with Crippen molar-refractivity contribution in [1.29, 1.82) is 0 Å². The molecule has 64 valence electrons. The molecule has 12 heavy (non-hydrogen) atoms. The topological polar surface area (TPSA) is 35.2 Å². The second-order valence-corrected chi connectivity index (χ2v) is 2.40. The van der Waals surface area contributed by atoms with E-state index in [-0.39, 0.29) is 16.9 Å². The fourth-order valence-electron chi connectivity index (χ4n) is 1.16. The minimum absolute atomic E-state index is 0.0347. The van der Waals surface area contributed by atoms with Gasteiger partial charge in [-0.1, -0.05) is 0 Å². The van der Waals surface area contributed by atoms with E-state index in [2.05, 4.69) is 0 Å². The highest BCUT2D eigenvalue weighted by atomic mass is 19.1. The van der Waals surface area contributed by atoms with Gasteiger partial charge in [0.1, 0.15) is 11.6 Å². The minimum atomic E-state index is -2.39. The highest BCUT2D eigenvalue weighted by Gasteiger charge is 2.17. The molecular weight excluding hydrogens is 157 g/mol. The van der Waals surface area contributed by atoms with Gasteiger partial charge in [0, 0.05) is 28.1 Å². The van der Waals surface area contributed by atoms with Gasteiger partial charge in [0.05, 0.1) is 7.95 Å². The van der Waals surface area contributed by atoms with Crippen LogP contribution in [0, 0.1) is 5.82 Å². The maximum atomic E-state index is 13.5. The second-order valence-electron chi connectivity index (χ2n) is 2.40. The third-order valence-corrected chi connectivity index (χ3v) is 1.73. The Kier molecular flexibility index (Phi) is 0.970. The van der Waals surface area contributed by atoms with E-state index in [0.717, 1.165) is 6.07 Å². The first-order chi connectivity index (χ1) is 7.32. The fraction of sp³-hybridized carbons (Fsp3) is 0.333. The molecule has 0 fully saturated rings. The number of nitrogens with two attached hydrogens (primary N) is 1. The van der Waals surface area contributed by atoms with Crippen molar-refractivity contribution in [2.75, 3.05) is 6.58 Å². The molecule has 2 unspecified atom stereocenters. The monoisotopic (exact) mass is 171 g/mol. The lowest BCUT2D eigenvalue weighted by Gasteiger charge is -2.04. The summed E-state index contributed by atoms with van der Waals surface area (Å²) in [5.74, 6) is -0.660. The van der Waals surface area contributed by atoms with Gasteiger partial charge in [0.15, 0.2) is 0 Å². The molecule has 3 heteroatoms. The summed E-state index contributed by atoms with van der Waals surface area (Å²) in [5, 5.41) is 0. The number of hydrogen-bond donors (Lipinski definition) is 1. The average molecular weight is 171 g/mol. The van der Waals surface area contributed by atoms with E-state index in [1.807, 2.05) is 0 Å². The highest BCUT2D eigenvalue weighted by molar-refractivity contribution is 5.43. The third kappa shape index (κ3) is 0.975. The number of rotatable bonds is 1. The molecule has 2 nitrogen and oxygen atoms in total. The van der Waals surface area contributed by atoms with Crippen LogP contribution in [0.2, 0.25) is 0 Å². The average Bonchev–Trinajstić information content (AvgIpc) is 2.42. The summed E-state index contributed by atoms with van der Waals surface area (Å²) >= 11 is 0. The van der Waals surface area contributed by atoms with Gasteiger partial charge in [0.2, 0.25) is 0 Å². The molecule has 1 aromatic rings. The zero-order chi connectivity index (χ0) is 12.1. The van der Waals surface area contributed by atoms with Crippen LogP contribution in [-0.4, -0.2) is 6.58 Å². The van der Waals surface area contributed by atoms with Crippen LogP contribution >= 0.6 is 0 Å². The van der Waals surface area contributed by atoms with Gasteiger partial charge >= 0.3 is 0 Å². The SMILES string of the molecule is [2H]C1Oc2ccc(F)c(C([2H])([2H])N)c2C1[2H]. The molecule has 2 rings (SSSR count). The zero-order valence-corrected chi connectivity index (χ0v) is 6.17. The lowest BCUT2D eigenvalue weighted by atomic mass is 10.0. The van der Waals surface area contributed by atoms with Crippen molar-refractivity contribution in [3.8, 4) is 5.75 Å². The summed E-state index contributed by atoms with van der Waals surface area (Å²) in [4.78, 5) is 0. The Morgan fingerprint density at radius 1 is 1.75 bits per heavy atom. The molecule has 0 aliphatic carbocycles. The molecule has 2 N–H and O–H groups in total. The summed E-state index contributed by atoms with van der Waals surface area (Å²) in [5.41, 5.74) is 4.88. The predicted octanol–water partition coefficient (Wildman–Crippen LogP) is 1.22. The molecule has 1 heterocycles. The van der Waals surface area contributed by atoms with Crippen LogP contribution in [0.4, 0.5) is 4.39 Å². The van der Waals surface area contributed by atoms with Gasteiger partial charge in [-0.2, -0.15) is 0 Å². The second kappa shape index (κ2) is 2.75. The molecule has 1 aliphatic rings. The highest BCUT2D eigenvalue weighted by Crippen LogP contribution is 2.29. The summed E-state index contributed by atoms with van der Waals surface area (Å²) < 4.78 is 48.2. The van der Waals surface area contributed by atoms with Crippen LogP contribution in [0.1, 0.15) is 16.6 Å². The molecule has 1 aromatic carbocycles. The van der Waals surface area contributed by atoms with Crippen molar-refractivity contribution in [3.63, 3.8) is 0 Å². The molecular formula is C9H10FNO. The lowest BCUT2D eigenvalue weighted by Crippen LogP contribution is -2.03. The van der Waals surface area contributed by atoms with E-state index in [1.165, 1.54) is 6.07 Å². The standard InChI is InChI=1S/C9H10FNO/c10-8-1-2-9-6(3-4-12-9)7(8)5-11/h1-2H,3-5,11H2/i3D,4D,5D2. The summed E-state index contributed by atoms with van der Waals surface area (Å²) in [6.07, 6.45) is -1.14. The Balaban J connectivity index is 2.67. The zero-order valence-electron chi connectivity index (χ0n) is 10.2. The van der Waals surface area contributed by atoms with Gasteiger partial charge in [0.25, 0.3) is 0 Å². The van der Waals surface area contributed by atoms with E-state index in [4.69, 9.17) is 16.0 Å². The Labute approximate surface area is 75.8 Å². The molecule has 0 saturated heterocycles. The van der Waals surface area contributed by atoms with Gasteiger partial charge in [-0.3, -0.25) is 0 Å². The van der Waals surface area contributed by atoms with E-state index in [0.29, 0.717) is 0 Å². The van der Waals surface area contributed by atoms with Crippen molar-refractivity contribution < 1.29 is 14.6 Å². The first-order valence-corrected chi connectivity index (χ1v) is 3.45. The van der Waals surface area contributed by atoms with Crippen molar-refractivity contribution in [2.45, 2.75) is 12.9 Å². The van der Waals surface area contributed by atoms with Gasteiger partial charge in [-0.25, -0.2) is 4.39 Å². The van der Waals surface area contributed by atoms with Crippen molar-refractivity contribution in [2.24, 2.45) is 5.73 Å². The summed E-state index contributed by atoms with van der Waals surface area (Å²) in [7, 11) is 0. The number of benzene rings is 1. The number of ether oxygens (including phenoxy) is 1. The minimum Gasteiger partial charge on any atom is -0.493 e. The van der Waals surface area contributed by atoms with Crippen molar-refractivity contribution in [3.05, 3.63) is 29.1 Å². The van der Waals surface area contributed by atoms with Crippen LogP contribution in [0.3, 0.4) is 0 Å². The molecule has 0 saturated carbocycles. The normalized spacial score (nSPS) is 32.5. The van der Waals surface area contributed by atoms with Crippen LogP contribution in [0.25, 0.3) is 0 Å². The molecule has 0 aromatic heterocycles. The lowest BCUT2D eigenvalue weighted by molar-refractivity contribution is 0.356. The first kappa shape index (κ1) is 4.23. The van der Waals surface area contributed by atoms with Gasteiger partial charge in [-0.05, 0) is 12.1 Å². The molecule has 1 aliphatic heterocycles. The van der Waals surface area contributed by atoms with E-state index in [1.54, 1.807) is 0 Å². The smallest absolute Gasteiger partial charge is 0.128 e. The summed E-state index contributed by atoms with van der Waals surface area (Å²) in [6, 6.07) is 2.32. The Hall–Kier alpha value is -1.09. The maximum Gasteiger partial charge on any atom is 0.128 e. The molecule has 0 radical (unpaired) electrons. The molecule has 2 atom stereocenters. The van der Waals surface area contributed by atoms with Gasteiger partial charge in [-0.15, -0.1) is 0 Å². The maximum absolute atomic E-state index is 13.5. The number of hydrogen-bond acceptors (Lipinski definition) is 2. The summed E-state index contributed by atoms with van der Waals surface area (Å²) in [6.45, 7) is -3.56. The molecule has 0 amide bonds. The predicted molar refractivity (Wildman–Crippen MR) is 43.5 cm³/mol. The van der Waals surface area contributed by atoms with E-state index < -0.39 is 25.3 Å². The van der Waals surface area contributed by atoms with Crippen LogP contribution in [0.5, 0.6) is 5.75 Å². The number of halogens is 1. The number of fused-ring (bicyclic) bond motifs is 1. The van der Waals surface area contributed by atoms with Crippen LogP contribution in [0.15, 0.2) is 12.1 Å². The van der Waals surface area contributed by atoms with E-state index in [9.17, 15) is 4.39 Å². The van der Waals surface area contributed by atoms with Crippen LogP contribution < -0.4 is 10.5 Å². The third-order valence-electron chi connectivity index (χ3n) is 1.73. The Morgan fingerprint density at radius 2 is 2.58 bits per heavy atom.